The molecule has 0 radical (unpaired) electrons. The quantitative estimate of drug-likeness (QED) is 0.835. The van der Waals surface area contributed by atoms with Crippen LogP contribution in [-0.2, 0) is 0 Å². The monoisotopic (exact) mass is 328 g/mol. The molecule has 0 saturated carbocycles. The highest BCUT2D eigenvalue weighted by Crippen LogP contribution is 2.17. The van der Waals surface area contributed by atoms with E-state index in [9.17, 15) is 19.2 Å². The van der Waals surface area contributed by atoms with Crippen LogP contribution in [0, 0.1) is 13.8 Å². The SMILES string of the molecule is Cc1c(C(=O)O)ccc(C(=O)O)c1C.O=Cc1ccc(C=O)cc1. The summed E-state index contributed by atoms with van der Waals surface area (Å²) >= 11 is 0. The van der Waals surface area contributed by atoms with Gasteiger partial charge in [0.05, 0.1) is 11.1 Å². The molecule has 0 aromatic heterocycles. The Bertz CT molecular complexity index is 709. The summed E-state index contributed by atoms with van der Waals surface area (Å²) in [4.78, 5) is 41.7. The number of carboxylic acids is 2. The van der Waals surface area contributed by atoms with Crippen molar-refractivity contribution in [2.45, 2.75) is 13.8 Å². The molecule has 2 aromatic rings. The lowest BCUT2D eigenvalue weighted by molar-refractivity contribution is 0.0679. The van der Waals surface area contributed by atoms with Gasteiger partial charge in [-0.15, -0.1) is 0 Å². The maximum Gasteiger partial charge on any atom is 0.335 e. The number of hydrogen-bond acceptors (Lipinski definition) is 4. The third-order valence-corrected chi connectivity index (χ3v) is 3.46. The lowest BCUT2D eigenvalue weighted by Crippen LogP contribution is -2.06. The predicted octanol–water partition coefficient (Wildman–Crippen LogP) is 3.01. The topological polar surface area (TPSA) is 109 Å². The van der Waals surface area contributed by atoms with E-state index >= 15 is 0 Å². The fourth-order valence-corrected chi connectivity index (χ4v) is 1.94. The van der Waals surface area contributed by atoms with Gasteiger partial charge in [-0.2, -0.15) is 0 Å². The first-order chi connectivity index (χ1) is 11.3. The molecule has 0 spiro atoms. The molecule has 2 rings (SSSR count). The van der Waals surface area contributed by atoms with Crippen LogP contribution >= 0.6 is 0 Å². The van der Waals surface area contributed by atoms with E-state index in [0.29, 0.717) is 22.3 Å². The number of carboxylic acid groups (broad SMARTS) is 2. The number of hydrogen-bond donors (Lipinski definition) is 2. The highest BCUT2D eigenvalue weighted by Gasteiger charge is 2.14. The fraction of sp³-hybridized carbons (Fsp3) is 0.111. The van der Waals surface area contributed by atoms with Gasteiger partial charge < -0.3 is 10.2 Å². The molecule has 24 heavy (non-hydrogen) atoms. The van der Waals surface area contributed by atoms with Gasteiger partial charge in [-0.1, -0.05) is 24.3 Å². The molecule has 0 aliphatic rings. The summed E-state index contributed by atoms with van der Waals surface area (Å²) in [5.74, 6) is -2.08. The second kappa shape index (κ2) is 8.38. The third kappa shape index (κ3) is 4.61. The molecule has 0 atom stereocenters. The van der Waals surface area contributed by atoms with Crippen LogP contribution in [0.1, 0.15) is 52.6 Å². The average molecular weight is 328 g/mol. The van der Waals surface area contributed by atoms with Crippen molar-refractivity contribution in [1.29, 1.82) is 0 Å². The zero-order valence-corrected chi connectivity index (χ0v) is 13.1. The molecule has 0 bridgehead atoms. The zero-order chi connectivity index (χ0) is 18.3. The summed E-state index contributed by atoms with van der Waals surface area (Å²) < 4.78 is 0. The van der Waals surface area contributed by atoms with Crippen molar-refractivity contribution >= 4 is 24.5 Å². The van der Waals surface area contributed by atoms with E-state index in [1.54, 1.807) is 38.1 Å². The van der Waals surface area contributed by atoms with Crippen LogP contribution in [0.25, 0.3) is 0 Å². The molecule has 124 valence electrons. The minimum atomic E-state index is -1.04. The smallest absolute Gasteiger partial charge is 0.335 e. The summed E-state index contributed by atoms with van der Waals surface area (Å²) in [5, 5.41) is 17.5. The summed E-state index contributed by atoms with van der Waals surface area (Å²) in [7, 11) is 0. The van der Waals surface area contributed by atoms with Gasteiger partial charge in [0.25, 0.3) is 0 Å². The van der Waals surface area contributed by atoms with E-state index in [1.165, 1.54) is 12.1 Å². The summed E-state index contributed by atoms with van der Waals surface area (Å²) in [6.07, 6.45) is 1.49. The number of benzene rings is 2. The van der Waals surface area contributed by atoms with Gasteiger partial charge in [-0.05, 0) is 37.1 Å². The Morgan fingerprint density at radius 2 is 1.00 bits per heavy atom. The highest BCUT2D eigenvalue weighted by atomic mass is 16.4. The Morgan fingerprint density at radius 1 is 0.708 bits per heavy atom. The molecule has 0 heterocycles. The summed E-state index contributed by atoms with van der Waals surface area (Å²) in [6, 6.07) is 9.06. The Balaban J connectivity index is 0.000000254. The van der Waals surface area contributed by atoms with E-state index in [0.717, 1.165) is 12.6 Å². The maximum atomic E-state index is 10.7. The fourth-order valence-electron chi connectivity index (χ4n) is 1.94. The molecule has 0 saturated heterocycles. The van der Waals surface area contributed by atoms with Gasteiger partial charge in [0.15, 0.2) is 0 Å². The molecule has 0 aliphatic carbocycles. The Labute approximate surface area is 138 Å². The van der Waals surface area contributed by atoms with Crippen LogP contribution in [0.3, 0.4) is 0 Å². The molecule has 0 unspecified atom stereocenters. The second-order valence-corrected chi connectivity index (χ2v) is 4.92. The van der Waals surface area contributed by atoms with E-state index in [4.69, 9.17) is 10.2 Å². The van der Waals surface area contributed by atoms with Crippen molar-refractivity contribution < 1.29 is 29.4 Å². The lowest BCUT2D eigenvalue weighted by atomic mass is 9.98. The second-order valence-electron chi connectivity index (χ2n) is 4.92. The predicted molar refractivity (Wildman–Crippen MR) is 87.1 cm³/mol. The van der Waals surface area contributed by atoms with Crippen molar-refractivity contribution in [3.63, 3.8) is 0 Å². The Hall–Kier alpha value is -3.28. The standard InChI is InChI=1S/C10H10O4.C8H6O2/c1-5-6(2)8(10(13)14)4-3-7(5)9(11)12;9-5-7-1-2-8(6-10)4-3-7/h3-4H,1-2H3,(H,11,12)(H,13,14);1-6H. The van der Waals surface area contributed by atoms with Crippen LogP contribution in [0.4, 0.5) is 0 Å². The number of carbonyl (C=O) groups is 4. The molecular formula is C18H16O6. The van der Waals surface area contributed by atoms with Gasteiger partial charge >= 0.3 is 11.9 Å². The number of aromatic carboxylic acids is 2. The molecule has 6 heteroatoms. The van der Waals surface area contributed by atoms with Crippen LogP contribution in [-0.4, -0.2) is 34.7 Å². The van der Waals surface area contributed by atoms with E-state index in [2.05, 4.69) is 0 Å². The highest BCUT2D eigenvalue weighted by molar-refractivity contribution is 5.94. The molecule has 0 amide bonds. The normalized spacial score (nSPS) is 9.42. The minimum Gasteiger partial charge on any atom is -0.478 e. The first-order valence-electron chi connectivity index (χ1n) is 6.89. The van der Waals surface area contributed by atoms with Gasteiger partial charge in [0.1, 0.15) is 12.6 Å². The van der Waals surface area contributed by atoms with Crippen molar-refractivity contribution in [2.75, 3.05) is 0 Å². The first kappa shape index (κ1) is 18.8. The van der Waals surface area contributed by atoms with Gasteiger partial charge in [0.2, 0.25) is 0 Å². The van der Waals surface area contributed by atoms with Crippen molar-refractivity contribution in [3.8, 4) is 0 Å². The molecular weight excluding hydrogens is 312 g/mol. The van der Waals surface area contributed by atoms with Gasteiger partial charge in [-0.3, -0.25) is 9.59 Å². The number of carbonyl (C=O) groups excluding carboxylic acids is 2. The van der Waals surface area contributed by atoms with Crippen LogP contribution < -0.4 is 0 Å². The number of aldehydes is 2. The molecule has 0 aliphatic heterocycles. The summed E-state index contributed by atoms with van der Waals surface area (Å²) in [6.45, 7) is 3.20. The molecule has 2 N–H and O–H groups in total. The maximum absolute atomic E-state index is 10.7. The zero-order valence-electron chi connectivity index (χ0n) is 13.1. The lowest BCUT2D eigenvalue weighted by Gasteiger charge is -2.07. The molecule has 2 aromatic carbocycles. The van der Waals surface area contributed by atoms with E-state index < -0.39 is 11.9 Å². The number of rotatable bonds is 4. The van der Waals surface area contributed by atoms with Gasteiger partial charge in [-0.25, -0.2) is 9.59 Å². The van der Waals surface area contributed by atoms with Crippen LogP contribution in [0.15, 0.2) is 36.4 Å². The molecule has 6 nitrogen and oxygen atoms in total. The minimum absolute atomic E-state index is 0.146. The Morgan fingerprint density at radius 3 is 1.21 bits per heavy atom. The summed E-state index contributed by atoms with van der Waals surface area (Å²) in [5.41, 5.74) is 2.46. The average Bonchev–Trinajstić information content (AvgIpc) is 2.57. The Kier molecular flexibility index (Phi) is 6.55. The van der Waals surface area contributed by atoms with Crippen molar-refractivity contribution in [3.05, 3.63) is 69.8 Å². The van der Waals surface area contributed by atoms with Crippen LogP contribution in [0.5, 0.6) is 0 Å². The van der Waals surface area contributed by atoms with Crippen LogP contribution in [0.2, 0.25) is 0 Å². The van der Waals surface area contributed by atoms with Crippen molar-refractivity contribution in [1.82, 2.24) is 0 Å². The first-order valence-corrected chi connectivity index (χ1v) is 6.89. The largest absolute Gasteiger partial charge is 0.478 e. The van der Waals surface area contributed by atoms with Crippen molar-refractivity contribution in [2.24, 2.45) is 0 Å². The van der Waals surface area contributed by atoms with E-state index in [-0.39, 0.29) is 11.1 Å². The third-order valence-electron chi connectivity index (χ3n) is 3.46. The molecule has 0 fully saturated rings. The van der Waals surface area contributed by atoms with E-state index in [1.807, 2.05) is 0 Å². The van der Waals surface area contributed by atoms with Gasteiger partial charge in [0, 0.05) is 11.1 Å².